The molecule has 0 aliphatic carbocycles. The van der Waals surface area contributed by atoms with E-state index in [4.69, 9.17) is 21.1 Å². The first-order valence-corrected chi connectivity index (χ1v) is 10.1. The Balaban J connectivity index is 2.67. The molecule has 2 rings (SSSR count). The minimum Gasteiger partial charge on any atom is -0.497 e. The van der Waals surface area contributed by atoms with Crippen LogP contribution in [0.15, 0.2) is 43.0 Å². The summed E-state index contributed by atoms with van der Waals surface area (Å²) in [5.41, 5.74) is 2.51. The van der Waals surface area contributed by atoms with Gasteiger partial charge in [-0.25, -0.2) is 4.79 Å². The molecule has 29 heavy (non-hydrogen) atoms. The maximum absolute atomic E-state index is 13.2. The molecule has 0 bridgehead atoms. The lowest BCUT2D eigenvalue weighted by molar-refractivity contribution is 0.0727. The van der Waals surface area contributed by atoms with Crippen molar-refractivity contribution in [1.29, 1.82) is 0 Å². The molecule has 0 aliphatic rings. The highest BCUT2D eigenvalue weighted by atomic mass is 35.5. The van der Waals surface area contributed by atoms with Crippen molar-refractivity contribution in [3.05, 3.63) is 70.3 Å². The van der Waals surface area contributed by atoms with Crippen LogP contribution in [-0.2, 0) is 17.3 Å². The molecule has 0 unspecified atom stereocenters. The van der Waals surface area contributed by atoms with Gasteiger partial charge in [-0.3, -0.25) is 0 Å². The maximum Gasteiger partial charge on any atom is 0.343 e. The number of allylic oxidation sites excluding steroid dienone is 1. The summed E-state index contributed by atoms with van der Waals surface area (Å²) in [6.45, 7) is 16.3. The van der Waals surface area contributed by atoms with Gasteiger partial charge >= 0.3 is 5.97 Å². The Hall–Kier alpha value is -2.26. The zero-order valence-electron chi connectivity index (χ0n) is 18.5. The number of rotatable bonds is 5. The third-order valence-corrected chi connectivity index (χ3v) is 5.15. The highest BCUT2D eigenvalue weighted by Crippen LogP contribution is 2.43. The van der Waals surface area contributed by atoms with Gasteiger partial charge in [-0.15, -0.1) is 6.58 Å². The molecule has 0 aromatic heterocycles. The molecule has 2 aromatic carbocycles. The van der Waals surface area contributed by atoms with Crippen LogP contribution in [0.2, 0.25) is 5.02 Å². The summed E-state index contributed by atoms with van der Waals surface area (Å²) in [5, 5.41) is 0.529. The van der Waals surface area contributed by atoms with Crippen LogP contribution in [0.1, 0.15) is 68.6 Å². The van der Waals surface area contributed by atoms with Gasteiger partial charge in [-0.05, 0) is 47.1 Å². The van der Waals surface area contributed by atoms with Gasteiger partial charge in [0.1, 0.15) is 11.5 Å². The zero-order valence-corrected chi connectivity index (χ0v) is 19.2. The smallest absolute Gasteiger partial charge is 0.343 e. The number of esters is 1. The van der Waals surface area contributed by atoms with E-state index in [1.54, 1.807) is 31.4 Å². The zero-order chi connectivity index (χ0) is 22.0. The van der Waals surface area contributed by atoms with E-state index < -0.39 is 5.97 Å². The first-order chi connectivity index (χ1) is 13.4. The first kappa shape index (κ1) is 23.0. The van der Waals surface area contributed by atoms with Gasteiger partial charge in [-0.1, -0.05) is 65.3 Å². The van der Waals surface area contributed by atoms with E-state index in [0.717, 1.165) is 22.4 Å². The van der Waals surface area contributed by atoms with Crippen LogP contribution >= 0.6 is 11.6 Å². The van der Waals surface area contributed by atoms with Crippen LogP contribution in [0.25, 0.3) is 0 Å². The van der Waals surface area contributed by atoms with Gasteiger partial charge in [0.15, 0.2) is 0 Å². The Morgan fingerprint density at radius 3 is 2.07 bits per heavy atom. The molecule has 2 aromatic rings. The fraction of sp³-hybridized carbons (Fsp3) is 0.400. The molecule has 0 radical (unpaired) electrons. The maximum atomic E-state index is 13.2. The van der Waals surface area contributed by atoms with Crippen LogP contribution in [0, 0.1) is 0 Å². The number of methoxy groups -OCH3 is 1. The number of hydrogen-bond acceptors (Lipinski definition) is 3. The third-order valence-electron chi connectivity index (χ3n) is 4.80. The van der Waals surface area contributed by atoms with Crippen molar-refractivity contribution < 1.29 is 14.3 Å². The van der Waals surface area contributed by atoms with Gasteiger partial charge in [0.2, 0.25) is 0 Å². The minimum atomic E-state index is -0.425. The molecule has 0 N–H and O–H groups in total. The molecular formula is C25H31ClO3. The normalized spacial score (nSPS) is 11.9. The Morgan fingerprint density at radius 1 is 1.07 bits per heavy atom. The van der Waals surface area contributed by atoms with E-state index in [-0.39, 0.29) is 10.8 Å². The van der Waals surface area contributed by atoms with Gasteiger partial charge in [0.05, 0.1) is 12.7 Å². The summed E-state index contributed by atoms with van der Waals surface area (Å²) in [6, 6.07) is 9.16. The van der Waals surface area contributed by atoms with Crippen LogP contribution in [0.4, 0.5) is 0 Å². The van der Waals surface area contributed by atoms with Crippen LogP contribution in [0.5, 0.6) is 11.5 Å². The largest absolute Gasteiger partial charge is 0.497 e. The Bertz CT molecular complexity index is 880. The number of hydrogen-bond donors (Lipinski definition) is 0. The number of carbonyl (C=O) groups is 1. The van der Waals surface area contributed by atoms with Crippen molar-refractivity contribution in [3.63, 3.8) is 0 Å². The molecule has 0 fully saturated rings. The van der Waals surface area contributed by atoms with Crippen molar-refractivity contribution in [2.45, 2.75) is 58.8 Å². The Kier molecular flexibility index (Phi) is 6.85. The minimum absolute atomic E-state index is 0.248. The van der Waals surface area contributed by atoms with E-state index in [0.29, 0.717) is 22.8 Å². The second-order valence-corrected chi connectivity index (χ2v) is 9.61. The average Bonchev–Trinajstić information content (AvgIpc) is 2.61. The second-order valence-electron chi connectivity index (χ2n) is 9.20. The summed E-state index contributed by atoms with van der Waals surface area (Å²) in [7, 11) is 1.65. The molecule has 0 atom stereocenters. The van der Waals surface area contributed by atoms with E-state index in [9.17, 15) is 4.79 Å². The van der Waals surface area contributed by atoms with Gasteiger partial charge < -0.3 is 9.47 Å². The van der Waals surface area contributed by atoms with Crippen molar-refractivity contribution in [2.24, 2.45) is 0 Å². The molecule has 3 nitrogen and oxygen atoms in total. The molecule has 0 amide bonds. The summed E-state index contributed by atoms with van der Waals surface area (Å²) in [4.78, 5) is 13.2. The van der Waals surface area contributed by atoms with Crippen LogP contribution in [0.3, 0.4) is 0 Å². The number of ether oxygens (including phenoxy) is 2. The predicted molar refractivity (Wildman–Crippen MR) is 121 cm³/mol. The fourth-order valence-electron chi connectivity index (χ4n) is 3.19. The lowest BCUT2D eigenvalue weighted by Gasteiger charge is -2.30. The molecular weight excluding hydrogens is 384 g/mol. The monoisotopic (exact) mass is 414 g/mol. The SMILES string of the molecule is C=CCc1c(Cl)cccc1C(=O)Oc1c(C(C)(C)C)cc(OC)cc1C(C)(C)C. The summed E-state index contributed by atoms with van der Waals surface area (Å²) >= 11 is 6.33. The lowest BCUT2D eigenvalue weighted by Crippen LogP contribution is -2.22. The highest BCUT2D eigenvalue weighted by Gasteiger charge is 2.30. The van der Waals surface area contributed by atoms with E-state index in [2.05, 4.69) is 48.1 Å². The third kappa shape index (κ3) is 5.22. The summed E-state index contributed by atoms with van der Waals surface area (Å²) in [5.74, 6) is 0.903. The summed E-state index contributed by atoms with van der Waals surface area (Å²) in [6.07, 6.45) is 2.22. The van der Waals surface area contributed by atoms with Crippen molar-refractivity contribution in [1.82, 2.24) is 0 Å². The van der Waals surface area contributed by atoms with Gasteiger partial charge in [0.25, 0.3) is 0 Å². The highest BCUT2D eigenvalue weighted by molar-refractivity contribution is 6.31. The average molecular weight is 415 g/mol. The lowest BCUT2D eigenvalue weighted by atomic mass is 9.79. The Morgan fingerprint density at radius 2 is 1.62 bits per heavy atom. The van der Waals surface area contributed by atoms with Gasteiger partial charge in [-0.2, -0.15) is 0 Å². The van der Waals surface area contributed by atoms with E-state index in [1.165, 1.54) is 0 Å². The Labute approximate surface area is 179 Å². The topological polar surface area (TPSA) is 35.5 Å². The molecule has 0 saturated heterocycles. The molecule has 0 aliphatic heterocycles. The van der Waals surface area contributed by atoms with Gasteiger partial charge in [0, 0.05) is 16.1 Å². The molecule has 4 heteroatoms. The molecule has 0 saturated carbocycles. The standard InChI is InChI=1S/C25H31ClO3/c1-9-11-17-18(12-10-13-21(17)26)23(27)29-22-19(24(2,3)4)14-16(28-8)15-20(22)25(5,6)7/h9-10,12-15H,1,11H2,2-8H3. The second kappa shape index (κ2) is 8.62. The van der Waals surface area contributed by atoms with Crippen molar-refractivity contribution in [2.75, 3.05) is 7.11 Å². The quantitative estimate of drug-likeness (QED) is 0.303. The number of benzene rings is 2. The molecule has 156 valence electrons. The number of halogens is 1. The van der Waals surface area contributed by atoms with Crippen LogP contribution in [-0.4, -0.2) is 13.1 Å². The van der Waals surface area contributed by atoms with E-state index >= 15 is 0 Å². The number of carbonyl (C=O) groups excluding carboxylic acids is 1. The molecule has 0 spiro atoms. The first-order valence-electron chi connectivity index (χ1n) is 9.73. The van der Waals surface area contributed by atoms with Crippen LogP contribution < -0.4 is 9.47 Å². The van der Waals surface area contributed by atoms with E-state index in [1.807, 2.05) is 12.1 Å². The fourth-order valence-corrected chi connectivity index (χ4v) is 3.45. The summed E-state index contributed by atoms with van der Waals surface area (Å²) < 4.78 is 11.6. The molecule has 0 heterocycles. The van der Waals surface area contributed by atoms with Crippen molar-refractivity contribution >= 4 is 17.6 Å². The predicted octanol–water partition coefficient (Wildman–Crippen LogP) is 6.89. The van der Waals surface area contributed by atoms with Crippen molar-refractivity contribution in [3.8, 4) is 11.5 Å².